The molecule has 6 nitrogen and oxygen atoms in total. The SMILES string of the molecule is COc1ccc(-c2nc3ccc(CO)cn3c2N=O)cc1. The lowest BCUT2D eigenvalue weighted by molar-refractivity contribution is 0.281. The van der Waals surface area contributed by atoms with Crippen molar-refractivity contribution < 1.29 is 9.84 Å². The lowest BCUT2D eigenvalue weighted by Gasteiger charge is -2.01. The van der Waals surface area contributed by atoms with Gasteiger partial charge in [-0.2, -0.15) is 0 Å². The molecule has 0 aliphatic heterocycles. The van der Waals surface area contributed by atoms with Gasteiger partial charge in [0.15, 0.2) is 0 Å². The topological polar surface area (TPSA) is 76.2 Å². The number of imidazole rings is 1. The maximum Gasteiger partial charge on any atom is 0.209 e. The number of aliphatic hydroxyl groups is 1. The number of methoxy groups -OCH3 is 1. The molecule has 0 spiro atoms. The normalized spacial score (nSPS) is 10.8. The third-order valence-corrected chi connectivity index (χ3v) is 3.29. The molecule has 21 heavy (non-hydrogen) atoms. The van der Waals surface area contributed by atoms with Crippen LogP contribution in [0.1, 0.15) is 5.56 Å². The number of hydrogen-bond acceptors (Lipinski definition) is 5. The molecule has 2 aromatic heterocycles. The van der Waals surface area contributed by atoms with Gasteiger partial charge in [0.25, 0.3) is 0 Å². The lowest BCUT2D eigenvalue weighted by Crippen LogP contribution is -1.89. The summed E-state index contributed by atoms with van der Waals surface area (Å²) < 4.78 is 6.69. The number of hydrogen-bond donors (Lipinski definition) is 1. The minimum atomic E-state index is -0.107. The number of rotatable bonds is 4. The molecule has 3 aromatic rings. The molecule has 0 saturated heterocycles. The van der Waals surface area contributed by atoms with E-state index in [4.69, 9.17) is 4.74 Å². The number of fused-ring (bicyclic) bond motifs is 1. The third kappa shape index (κ3) is 2.25. The average molecular weight is 283 g/mol. The van der Waals surface area contributed by atoms with E-state index in [-0.39, 0.29) is 12.4 Å². The highest BCUT2D eigenvalue weighted by Gasteiger charge is 2.15. The zero-order valence-corrected chi connectivity index (χ0v) is 11.4. The largest absolute Gasteiger partial charge is 0.497 e. The first-order valence-electron chi connectivity index (χ1n) is 6.36. The molecule has 0 unspecified atom stereocenters. The first-order chi connectivity index (χ1) is 10.3. The van der Waals surface area contributed by atoms with E-state index in [0.29, 0.717) is 16.9 Å². The summed E-state index contributed by atoms with van der Waals surface area (Å²) in [6.07, 6.45) is 1.66. The van der Waals surface area contributed by atoms with Gasteiger partial charge in [-0.1, -0.05) is 6.07 Å². The molecule has 6 heteroatoms. The summed E-state index contributed by atoms with van der Waals surface area (Å²) in [6, 6.07) is 10.7. The average Bonchev–Trinajstić information content (AvgIpc) is 2.92. The van der Waals surface area contributed by atoms with Crippen LogP contribution in [0.4, 0.5) is 5.82 Å². The summed E-state index contributed by atoms with van der Waals surface area (Å²) in [5.74, 6) is 0.941. The molecule has 1 N–H and O–H groups in total. The minimum absolute atomic E-state index is 0.107. The molecule has 0 atom stereocenters. The Hall–Kier alpha value is -2.73. The van der Waals surface area contributed by atoms with Gasteiger partial charge in [0.2, 0.25) is 5.82 Å². The highest BCUT2D eigenvalue weighted by atomic mass is 16.5. The molecule has 0 aliphatic rings. The molecule has 2 heterocycles. The van der Waals surface area contributed by atoms with Gasteiger partial charge in [0, 0.05) is 11.8 Å². The minimum Gasteiger partial charge on any atom is -0.497 e. The van der Waals surface area contributed by atoms with E-state index in [1.807, 2.05) is 12.1 Å². The predicted molar refractivity (Wildman–Crippen MR) is 78.6 cm³/mol. The van der Waals surface area contributed by atoms with Gasteiger partial charge in [-0.3, -0.25) is 4.40 Å². The number of nitroso groups, excluding NO2 is 1. The van der Waals surface area contributed by atoms with Gasteiger partial charge in [0.05, 0.1) is 13.7 Å². The van der Waals surface area contributed by atoms with Crippen LogP contribution in [-0.4, -0.2) is 21.6 Å². The van der Waals surface area contributed by atoms with Crippen molar-refractivity contribution in [2.45, 2.75) is 6.61 Å². The molecule has 106 valence electrons. The van der Waals surface area contributed by atoms with Crippen molar-refractivity contribution in [3.05, 3.63) is 53.1 Å². The second-order valence-corrected chi connectivity index (χ2v) is 4.53. The summed E-state index contributed by atoms with van der Waals surface area (Å²) >= 11 is 0. The maximum absolute atomic E-state index is 11.2. The van der Waals surface area contributed by atoms with Gasteiger partial charge in [-0.15, -0.1) is 4.91 Å². The number of aliphatic hydroxyl groups excluding tert-OH is 1. The van der Waals surface area contributed by atoms with Gasteiger partial charge in [-0.25, -0.2) is 4.98 Å². The quantitative estimate of drug-likeness (QED) is 0.747. The molecule has 0 radical (unpaired) electrons. The Labute approximate surface area is 120 Å². The molecular formula is C15H13N3O3. The van der Waals surface area contributed by atoms with Crippen LogP contribution in [0, 0.1) is 4.91 Å². The van der Waals surface area contributed by atoms with Crippen LogP contribution in [0.5, 0.6) is 5.75 Å². The van der Waals surface area contributed by atoms with Crippen LogP contribution < -0.4 is 4.74 Å². The first kappa shape index (κ1) is 13.3. The first-order valence-corrected chi connectivity index (χ1v) is 6.36. The fraction of sp³-hybridized carbons (Fsp3) is 0.133. The summed E-state index contributed by atoms with van der Waals surface area (Å²) in [5.41, 5.74) is 2.57. The van der Waals surface area contributed by atoms with E-state index in [1.54, 1.807) is 42.0 Å². The Morgan fingerprint density at radius 1 is 1.24 bits per heavy atom. The lowest BCUT2D eigenvalue weighted by atomic mass is 10.1. The Kier molecular flexibility index (Phi) is 3.37. The predicted octanol–water partition coefficient (Wildman–Crippen LogP) is 2.90. The third-order valence-electron chi connectivity index (χ3n) is 3.29. The van der Waals surface area contributed by atoms with E-state index >= 15 is 0 Å². The summed E-state index contributed by atoms with van der Waals surface area (Å²) in [7, 11) is 1.59. The van der Waals surface area contributed by atoms with Crippen LogP contribution in [0.3, 0.4) is 0 Å². The zero-order chi connectivity index (χ0) is 14.8. The summed E-state index contributed by atoms with van der Waals surface area (Å²) in [6.45, 7) is -0.107. The van der Waals surface area contributed by atoms with Crippen LogP contribution in [0.2, 0.25) is 0 Å². The Morgan fingerprint density at radius 2 is 2.00 bits per heavy atom. The van der Waals surface area contributed by atoms with Crippen molar-refractivity contribution in [1.29, 1.82) is 0 Å². The van der Waals surface area contributed by atoms with Crippen molar-refractivity contribution in [3.63, 3.8) is 0 Å². The van der Waals surface area contributed by atoms with Gasteiger partial charge < -0.3 is 9.84 Å². The van der Waals surface area contributed by atoms with Crippen molar-refractivity contribution in [2.24, 2.45) is 5.18 Å². The molecule has 0 aliphatic carbocycles. The Balaban J connectivity index is 2.19. The number of aromatic nitrogens is 2. The van der Waals surface area contributed by atoms with Crippen LogP contribution in [0.25, 0.3) is 16.9 Å². The van der Waals surface area contributed by atoms with Crippen LogP contribution in [-0.2, 0) is 6.61 Å². The van der Waals surface area contributed by atoms with Crippen molar-refractivity contribution in [2.75, 3.05) is 7.11 Å². The summed E-state index contributed by atoms with van der Waals surface area (Å²) in [4.78, 5) is 15.6. The van der Waals surface area contributed by atoms with E-state index in [1.165, 1.54) is 0 Å². The van der Waals surface area contributed by atoms with Crippen molar-refractivity contribution in [3.8, 4) is 17.0 Å². The standard InChI is InChI=1S/C15H13N3O3/c1-21-12-5-3-11(4-6-12)14-15(17-20)18-8-10(9-19)2-7-13(18)16-14/h2-8,19H,9H2,1H3. The van der Waals surface area contributed by atoms with E-state index in [2.05, 4.69) is 10.2 Å². The number of nitrogens with zero attached hydrogens (tertiary/aromatic N) is 3. The molecular weight excluding hydrogens is 270 g/mol. The molecule has 1 aromatic carbocycles. The molecule has 0 fully saturated rings. The summed E-state index contributed by atoms with van der Waals surface area (Å²) in [5, 5.41) is 12.3. The van der Waals surface area contributed by atoms with E-state index < -0.39 is 0 Å². The van der Waals surface area contributed by atoms with Crippen LogP contribution in [0.15, 0.2) is 47.8 Å². The van der Waals surface area contributed by atoms with Gasteiger partial charge >= 0.3 is 0 Å². The van der Waals surface area contributed by atoms with E-state index in [9.17, 15) is 10.0 Å². The monoisotopic (exact) mass is 283 g/mol. The fourth-order valence-electron chi connectivity index (χ4n) is 2.20. The maximum atomic E-state index is 11.2. The smallest absolute Gasteiger partial charge is 0.209 e. The van der Waals surface area contributed by atoms with Crippen molar-refractivity contribution >= 4 is 11.5 Å². The second-order valence-electron chi connectivity index (χ2n) is 4.53. The second kappa shape index (κ2) is 5.34. The zero-order valence-electron chi connectivity index (χ0n) is 11.4. The number of ether oxygens (including phenoxy) is 1. The number of benzene rings is 1. The Morgan fingerprint density at radius 3 is 2.62 bits per heavy atom. The molecule has 0 saturated carbocycles. The van der Waals surface area contributed by atoms with Crippen LogP contribution >= 0.6 is 0 Å². The highest BCUT2D eigenvalue weighted by Crippen LogP contribution is 2.32. The number of pyridine rings is 1. The molecule has 0 bridgehead atoms. The van der Waals surface area contributed by atoms with E-state index in [0.717, 1.165) is 11.3 Å². The van der Waals surface area contributed by atoms with Gasteiger partial charge in [0.1, 0.15) is 17.1 Å². The Bertz CT molecular complexity index is 794. The highest BCUT2D eigenvalue weighted by molar-refractivity contribution is 5.74. The fourth-order valence-corrected chi connectivity index (χ4v) is 2.20. The van der Waals surface area contributed by atoms with Crippen molar-refractivity contribution in [1.82, 2.24) is 9.38 Å². The molecule has 3 rings (SSSR count). The van der Waals surface area contributed by atoms with Gasteiger partial charge in [-0.05, 0) is 41.1 Å². The molecule has 0 amide bonds.